The van der Waals surface area contributed by atoms with Crippen molar-refractivity contribution in [3.8, 4) is 0 Å². The molecular formula is C15H33NO. The topological polar surface area (TPSA) is 20.3 Å². The van der Waals surface area contributed by atoms with E-state index in [-0.39, 0.29) is 17.4 Å². The van der Waals surface area contributed by atoms with E-state index in [1.807, 2.05) is 32.6 Å². The van der Waals surface area contributed by atoms with E-state index in [0.717, 1.165) is 13.0 Å². The summed E-state index contributed by atoms with van der Waals surface area (Å²) in [6.07, 6.45) is 1.08. The Balaban J connectivity index is 0. The molecule has 0 aliphatic rings. The average Bonchev–Trinajstić information content (AvgIpc) is 2.18. The second kappa shape index (κ2) is 8.54. The second-order valence-electron chi connectivity index (χ2n) is 6.00. The fourth-order valence-corrected chi connectivity index (χ4v) is 1.48. The van der Waals surface area contributed by atoms with Crippen molar-refractivity contribution in [2.75, 3.05) is 6.54 Å². The van der Waals surface area contributed by atoms with Crippen molar-refractivity contribution in [2.45, 2.75) is 74.3 Å². The van der Waals surface area contributed by atoms with Crippen molar-refractivity contribution < 1.29 is 4.79 Å². The summed E-state index contributed by atoms with van der Waals surface area (Å²) in [5, 5.41) is 0. The molecule has 0 N–H and O–H groups in total. The Morgan fingerprint density at radius 2 is 1.47 bits per heavy atom. The molecule has 0 aromatic heterocycles. The molecule has 0 radical (unpaired) electrons. The highest BCUT2D eigenvalue weighted by Gasteiger charge is 2.27. The Morgan fingerprint density at radius 3 is 1.71 bits per heavy atom. The third kappa shape index (κ3) is 8.23. The summed E-state index contributed by atoms with van der Waals surface area (Å²) in [7, 11) is 0. The Morgan fingerprint density at radius 1 is 1.06 bits per heavy atom. The molecule has 0 rings (SSSR count). The van der Waals surface area contributed by atoms with Crippen LogP contribution in [-0.2, 0) is 4.79 Å². The highest BCUT2D eigenvalue weighted by atomic mass is 16.2. The third-order valence-electron chi connectivity index (χ3n) is 2.50. The summed E-state index contributed by atoms with van der Waals surface area (Å²) >= 11 is 0. The van der Waals surface area contributed by atoms with Crippen LogP contribution >= 0.6 is 0 Å². The van der Waals surface area contributed by atoms with Crippen LogP contribution in [0.1, 0.15) is 68.7 Å². The Hall–Kier alpha value is -0.530. The fourth-order valence-electron chi connectivity index (χ4n) is 1.48. The lowest BCUT2D eigenvalue weighted by atomic mass is 10.0. The maximum atomic E-state index is 12.0. The van der Waals surface area contributed by atoms with Crippen molar-refractivity contribution in [2.24, 2.45) is 11.8 Å². The van der Waals surface area contributed by atoms with Crippen LogP contribution in [0.5, 0.6) is 0 Å². The van der Waals surface area contributed by atoms with Gasteiger partial charge >= 0.3 is 0 Å². The van der Waals surface area contributed by atoms with E-state index in [0.29, 0.717) is 5.92 Å². The molecule has 2 heteroatoms. The predicted molar refractivity (Wildman–Crippen MR) is 77.1 cm³/mol. The minimum absolute atomic E-state index is 0.0593. The standard InChI is InChI=1S/C13H27NO.C2H6/c1-10(2)8-9-14(13(5,6)7)12(15)11(3)4;1-2/h10-11H,8-9H2,1-7H3;1-2H3. The Labute approximate surface area is 109 Å². The molecule has 0 aromatic carbocycles. The number of carbonyl (C=O) groups is 1. The van der Waals surface area contributed by atoms with E-state index in [2.05, 4.69) is 34.6 Å². The highest BCUT2D eigenvalue weighted by molar-refractivity contribution is 5.78. The molecule has 0 spiro atoms. The van der Waals surface area contributed by atoms with Crippen molar-refractivity contribution in [1.82, 2.24) is 4.90 Å². The van der Waals surface area contributed by atoms with Crippen LogP contribution in [0.4, 0.5) is 0 Å². The first-order chi connectivity index (χ1) is 7.66. The number of amides is 1. The van der Waals surface area contributed by atoms with E-state index < -0.39 is 0 Å². The third-order valence-corrected chi connectivity index (χ3v) is 2.50. The summed E-state index contributed by atoms with van der Waals surface area (Å²) < 4.78 is 0. The monoisotopic (exact) mass is 243 g/mol. The maximum absolute atomic E-state index is 12.0. The minimum Gasteiger partial charge on any atom is -0.338 e. The summed E-state index contributed by atoms with van der Waals surface area (Å²) in [4.78, 5) is 14.0. The molecule has 0 aliphatic carbocycles. The molecule has 0 saturated heterocycles. The SMILES string of the molecule is CC.CC(C)CCN(C(=O)C(C)C)C(C)(C)C. The van der Waals surface area contributed by atoms with E-state index >= 15 is 0 Å². The van der Waals surface area contributed by atoms with Gasteiger partial charge in [0.15, 0.2) is 0 Å². The van der Waals surface area contributed by atoms with Gasteiger partial charge in [-0.3, -0.25) is 4.79 Å². The van der Waals surface area contributed by atoms with Gasteiger partial charge in [0.2, 0.25) is 5.91 Å². The van der Waals surface area contributed by atoms with E-state index in [1.54, 1.807) is 0 Å². The van der Waals surface area contributed by atoms with Crippen LogP contribution < -0.4 is 0 Å². The lowest BCUT2D eigenvalue weighted by Crippen LogP contribution is -2.48. The van der Waals surface area contributed by atoms with Gasteiger partial charge in [-0.2, -0.15) is 0 Å². The summed E-state index contributed by atoms with van der Waals surface area (Å²) in [6, 6.07) is 0. The van der Waals surface area contributed by atoms with Gasteiger partial charge in [-0.25, -0.2) is 0 Å². The Kier molecular flexibility index (Phi) is 9.46. The molecule has 0 saturated carbocycles. The van der Waals surface area contributed by atoms with Crippen LogP contribution in [0, 0.1) is 11.8 Å². The normalized spacial score (nSPS) is 11.2. The molecule has 0 fully saturated rings. The summed E-state index contributed by atoms with van der Waals surface area (Å²) in [5.74, 6) is 1.01. The van der Waals surface area contributed by atoms with Gasteiger partial charge in [0.25, 0.3) is 0 Å². The molecule has 0 unspecified atom stereocenters. The molecule has 1 amide bonds. The van der Waals surface area contributed by atoms with Crippen LogP contribution in [0.25, 0.3) is 0 Å². The average molecular weight is 243 g/mol. The molecule has 0 aliphatic heterocycles. The zero-order valence-electron chi connectivity index (χ0n) is 13.4. The number of carbonyl (C=O) groups excluding carboxylic acids is 1. The molecule has 0 bridgehead atoms. The van der Waals surface area contributed by atoms with Crippen molar-refractivity contribution in [3.05, 3.63) is 0 Å². The zero-order chi connectivity index (χ0) is 14.2. The lowest BCUT2D eigenvalue weighted by molar-refractivity contribution is -0.139. The van der Waals surface area contributed by atoms with Gasteiger partial charge in [0.1, 0.15) is 0 Å². The van der Waals surface area contributed by atoms with Gasteiger partial charge in [-0.05, 0) is 33.1 Å². The first-order valence-electron chi connectivity index (χ1n) is 6.97. The van der Waals surface area contributed by atoms with Crippen LogP contribution in [0.3, 0.4) is 0 Å². The van der Waals surface area contributed by atoms with Crippen LogP contribution in [0.2, 0.25) is 0 Å². The molecule has 104 valence electrons. The maximum Gasteiger partial charge on any atom is 0.225 e. The fraction of sp³-hybridized carbons (Fsp3) is 0.933. The van der Waals surface area contributed by atoms with Gasteiger partial charge < -0.3 is 4.90 Å². The van der Waals surface area contributed by atoms with E-state index in [1.165, 1.54) is 0 Å². The van der Waals surface area contributed by atoms with Crippen molar-refractivity contribution >= 4 is 5.91 Å². The zero-order valence-corrected chi connectivity index (χ0v) is 13.4. The second-order valence-corrected chi connectivity index (χ2v) is 6.00. The highest BCUT2D eigenvalue weighted by Crippen LogP contribution is 2.18. The van der Waals surface area contributed by atoms with E-state index in [9.17, 15) is 4.79 Å². The molecule has 2 nitrogen and oxygen atoms in total. The predicted octanol–water partition coefficient (Wildman–Crippen LogP) is 4.34. The number of rotatable bonds is 4. The quantitative estimate of drug-likeness (QED) is 0.719. The molecule has 17 heavy (non-hydrogen) atoms. The van der Waals surface area contributed by atoms with E-state index in [4.69, 9.17) is 0 Å². The summed E-state index contributed by atoms with van der Waals surface area (Å²) in [5.41, 5.74) is -0.0593. The molecular weight excluding hydrogens is 210 g/mol. The molecule has 0 atom stereocenters. The van der Waals surface area contributed by atoms with Crippen molar-refractivity contribution in [3.63, 3.8) is 0 Å². The van der Waals surface area contributed by atoms with Gasteiger partial charge in [0.05, 0.1) is 0 Å². The number of hydrogen-bond acceptors (Lipinski definition) is 1. The first kappa shape index (κ1) is 18.8. The minimum atomic E-state index is -0.0593. The molecule has 0 aromatic rings. The lowest BCUT2D eigenvalue weighted by Gasteiger charge is -2.37. The van der Waals surface area contributed by atoms with Crippen LogP contribution in [0.15, 0.2) is 0 Å². The number of hydrogen-bond donors (Lipinski definition) is 0. The molecule has 0 heterocycles. The first-order valence-corrected chi connectivity index (χ1v) is 6.97. The Bertz CT molecular complexity index is 201. The summed E-state index contributed by atoms with van der Waals surface area (Å²) in [6.45, 7) is 19.5. The largest absolute Gasteiger partial charge is 0.338 e. The van der Waals surface area contributed by atoms with Gasteiger partial charge in [-0.15, -0.1) is 0 Å². The van der Waals surface area contributed by atoms with Gasteiger partial charge in [-0.1, -0.05) is 41.5 Å². The van der Waals surface area contributed by atoms with Crippen LogP contribution in [-0.4, -0.2) is 22.9 Å². The van der Waals surface area contributed by atoms with Crippen molar-refractivity contribution in [1.29, 1.82) is 0 Å². The smallest absolute Gasteiger partial charge is 0.225 e. The number of nitrogens with zero attached hydrogens (tertiary/aromatic N) is 1. The van der Waals surface area contributed by atoms with Gasteiger partial charge in [0, 0.05) is 18.0 Å².